The largest absolute Gasteiger partial charge is 0.381 e. The van der Waals surface area contributed by atoms with Crippen molar-refractivity contribution in [2.75, 3.05) is 52.6 Å². The van der Waals surface area contributed by atoms with Crippen molar-refractivity contribution in [2.45, 2.75) is 25.8 Å². The first-order valence-electron chi connectivity index (χ1n) is 8.08. The molecular weight excluding hydrogens is 341 g/mol. The van der Waals surface area contributed by atoms with Gasteiger partial charge in [-0.05, 0) is 24.7 Å². The molecule has 0 aliphatic carbocycles. The predicted molar refractivity (Wildman–Crippen MR) is 95.4 cm³/mol. The van der Waals surface area contributed by atoms with Gasteiger partial charge in [0.2, 0.25) is 5.91 Å². The summed E-state index contributed by atoms with van der Waals surface area (Å²) in [5, 5.41) is 3.01. The van der Waals surface area contributed by atoms with Crippen molar-refractivity contribution in [3.05, 3.63) is 0 Å². The van der Waals surface area contributed by atoms with E-state index in [4.69, 9.17) is 15.2 Å². The van der Waals surface area contributed by atoms with Crippen molar-refractivity contribution in [1.82, 2.24) is 10.2 Å². The summed E-state index contributed by atoms with van der Waals surface area (Å²) in [5.41, 5.74) is 6.07. The first kappa shape index (κ1) is 22.9. The summed E-state index contributed by atoms with van der Waals surface area (Å²) in [7, 11) is 0. The van der Waals surface area contributed by atoms with E-state index in [9.17, 15) is 4.79 Å². The fourth-order valence-electron chi connectivity index (χ4n) is 2.97. The summed E-state index contributed by atoms with van der Waals surface area (Å²) in [4.78, 5) is 14.5. The molecule has 0 radical (unpaired) electrons. The van der Waals surface area contributed by atoms with Gasteiger partial charge in [-0.2, -0.15) is 0 Å². The van der Waals surface area contributed by atoms with E-state index in [1.54, 1.807) is 0 Å². The Morgan fingerprint density at radius 3 is 2.35 bits per heavy atom. The third-order valence-electron chi connectivity index (χ3n) is 4.37. The highest BCUT2D eigenvalue weighted by Crippen LogP contribution is 2.17. The topological polar surface area (TPSA) is 76.8 Å². The van der Waals surface area contributed by atoms with Crippen LogP contribution in [0.2, 0.25) is 0 Å². The molecule has 0 saturated carbocycles. The summed E-state index contributed by atoms with van der Waals surface area (Å²) in [6.45, 7) is 8.89. The molecule has 2 aliphatic heterocycles. The summed E-state index contributed by atoms with van der Waals surface area (Å²) < 4.78 is 10.6. The van der Waals surface area contributed by atoms with Crippen LogP contribution in [0.5, 0.6) is 0 Å². The molecule has 2 saturated heterocycles. The lowest BCUT2D eigenvalue weighted by Gasteiger charge is -2.30. The molecule has 2 atom stereocenters. The van der Waals surface area contributed by atoms with Crippen LogP contribution >= 0.6 is 24.8 Å². The molecular formula is C15H31Cl2N3O3. The van der Waals surface area contributed by atoms with Crippen molar-refractivity contribution in [3.8, 4) is 0 Å². The van der Waals surface area contributed by atoms with Gasteiger partial charge in [-0.3, -0.25) is 9.69 Å². The average Bonchev–Trinajstić information content (AvgIpc) is 2.53. The molecule has 8 heteroatoms. The van der Waals surface area contributed by atoms with E-state index in [0.717, 1.165) is 58.9 Å². The van der Waals surface area contributed by atoms with E-state index in [2.05, 4.69) is 17.1 Å². The molecule has 3 N–H and O–H groups in total. The second kappa shape index (κ2) is 12.3. The standard InChI is InChI=1S/C15H29N3O3.2ClH/c1-12(11-18-4-8-21-9-5-18)10-17-15(19)14(16)13-2-6-20-7-3-13;;/h12-14H,2-11,16H2,1H3,(H,17,19);2*1H. The van der Waals surface area contributed by atoms with Crippen molar-refractivity contribution < 1.29 is 14.3 Å². The number of nitrogens with two attached hydrogens (primary N) is 1. The number of nitrogens with zero attached hydrogens (tertiary/aromatic N) is 1. The molecule has 2 aliphatic rings. The molecule has 0 aromatic rings. The number of amides is 1. The van der Waals surface area contributed by atoms with E-state index in [1.807, 2.05) is 0 Å². The molecule has 2 unspecified atom stereocenters. The highest BCUT2D eigenvalue weighted by atomic mass is 35.5. The molecule has 1 amide bonds. The Bertz CT molecular complexity index is 325. The monoisotopic (exact) mass is 371 g/mol. The van der Waals surface area contributed by atoms with Crippen molar-refractivity contribution in [3.63, 3.8) is 0 Å². The van der Waals surface area contributed by atoms with Gasteiger partial charge >= 0.3 is 0 Å². The quantitative estimate of drug-likeness (QED) is 0.717. The molecule has 138 valence electrons. The van der Waals surface area contributed by atoms with Crippen molar-refractivity contribution >= 4 is 30.7 Å². The van der Waals surface area contributed by atoms with E-state index < -0.39 is 6.04 Å². The zero-order valence-corrected chi connectivity index (χ0v) is 15.5. The van der Waals surface area contributed by atoms with Gasteiger partial charge < -0.3 is 20.5 Å². The number of ether oxygens (including phenoxy) is 2. The van der Waals surface area contributed by atoms with Gasteiger partial charge in [0.15, 0.2) is 0 Å². The molecule has 0 aromatic heterocycles. The Labute approximate surface area is 151 Å². The molecule has 2 fully saturated rings. The highest BCUT2D eigenvalue weighted by molar-refractivity contribution is 5.85. The zero-order valence-electron chi connectivity index (χ0n) is 13.9. The lowest BCUT2D eigenvalue weighted by molar-refractivity contribution is -0.124. The minimum atomic E-state index is -0.399. The Morgan fingerprint density at radius 2 is 1.74 bits per heavy atom. The number of hydrogen-bond donors (Lipinski definition) is 2. The maximum atomic E-state index is 12.1. The molecule has 2 rings (SSSR count). The van der Waals surface area contributed by atoms with Crippen LogP contribution in [0.3, 0.4) is 0 Å². The van der Waals surface area contributed by atoms with Crippen LogP contribution in [-0.4, -0.2) is 69.5 Å². The molecule has 23 heavy (non-hydrogen) atoms. The third kappa shape index (κ3) is 8.01. The summed E-state index contributed by atoms with van der Waals surface area (Å²) in [5.74, 6) is 0.665. The SMILES string of the molecule is CC(CNC(=O)C(N)C1CCOCC1)CN1CCOCC1.Cl.Cl. The Morgan fingerprint density at radius 1 is 1.17 bits per heavy atom. The predicted octanol–water partition coefficient (Wildman–Crippen LogP) is 0.668. The van der Waals surface area contributed by atoms with Crippen molar-refractivity contribution in [2.24, 2.45) is 17.6 Å². The number of rotatable bonds is 6. The number of nitrogens with one attached hydrogen (secondary N) is 1. The Balaban J connectivity index is 0.00000242. The van der Waals surface area contributed by atoms with Crippen LogP contribution in [0.1, 0.15) is 19.8 Å². The summed E-state index contributed by atoms with van der Waals surface area (Å²) >= 11 is 0. The van der Waals surface area contributed by atoms with Gasteiger partial charge in [0.05, 0.1) is 19.3 Å². The van der Waals surface area contributed by atoms with Crippen LogP contribution in [0, 0.1) is 11.8 Å². The first-order valence-corrected chi connectivity index (χ1v) is 8.08. The number of carbonyl (C=O) groups excluding carboxylic acids is 1. The Hall–Kier alpha value is -0.110. The van der Waals surface area contributed by atoms with E-state index >= 15 is 0 Å². The maximum Gasteiger partial charge on any atom is 0.237 e. The van der Waals surface area contributed by atoms with Gasteiger partial charge in [-0.1, -0.05) is 6.92 Å². The van der Waals surface area contributed by atoms with Gasteiger partial charge in [-0.15, -0.1) is 24.8 Å². The van der Waals surface area contributed by atoms with Crippen LogP contribution in [-0.2, 0) is 14.3 Å². The van der Waals surface area contributed by atoms with Crippen LogP contribution < -0.4 is 11.1 Å². The van der Waals surface area contributed by atoms with Crippen LogP contribution in [0.25, 0.3) is 0 Å². The fraction of sp³-hybridized carbons (Fsp3) is 0.933. The van der Waals surface area contributed by atoms with Gasteiger partial charge in [-0.25, -0.2) is 0 Å². The second-order valence-corrected chi connectivity index (χ2v) is 6.24. The lowest BCUT2D eigenvalue weighted by Crippen LogP contribution is -2.49. The lowest BCUT2D eigenvalue weighted by atomic mass is 9.92. The average molecular weight is 372 g/mol. The molecule has 0 spiro atoms. The van der Waals surface area contributed by atoms with Crippen LogP contribution in [0.4, 0.5) is 0 Å². The van der Waals surface area contributed by atoms with Crippen LogP contribution in [0.15, 0.2) is 0 Å². The van der Waals surface area contributed by atoms with Gasteiger partial charge in [0.1, 0.15) is 0 Å². The first-order chi connectivity index (χ1) is 10.2. The summed E-state index contributed by atoms with van der Waals surface area (Å²) in [6, 6.07) is -0.399. The Kier molecular flexibility index (Phi) is 12.2. The molecule has 2 heterocycles. The molecule has 6 nitrogen and oxygen atoms in total. The van der Waals surface area contributed by atoms with Crippen molar-refractivity contribution in [1.29, 1.82) is 0 Å². The number of carbonyl (C=O) groups is 1. The zero-order chi connectivity index (χ0) is 15.1. The number of halogens is 2. The van der Waals surface area contributed by atoms with Gasteiger partial charge in [0, 0.05) is 39.4 Å². The second-order valence-electron chi connectivity index (χ2n) is 6.24. The normalized spacial score (nSPS) is 22.3. The molecule has 0 aromatic carbocycles. The van der Waals surface area contributed by atoms with E-state index in [0.29, 0.717) is 12.5 Å². The smallest absolute Gasteiger partial charge is 0.237 e. The highest BCUT2D eigenvalue weighted by Gasteiger charge is 2.26. The van der Waals surface area contributed by atoms with Gasteiger partial charge in [0.25, 0.3) is 0 Å². The number of hydrogen-bond acceptors (Lipinski definition) is 5. The minimum absolute atomic E-state index is 0. The summed E-state index contributed by atoms with van der Waals surface area (Å²) in [6.07, 6.45) is 1.77. The molecule has 0 bridgehead atoms. The number of morpholine rings is 1. The fourth-order valence-corrected chi connectivity index (χ4v) is 2.97. The van der Waals surface area contributed by atoms with E-state index in [-0.39, 0.29) is 36.6 Å². The minimum Gasteiger partial charge on any atom is -0.381 e. The third-order valence-corrected chi connectivity index (χ3v) is 4.37. The van der Waals surface area contributed by atoms with E-state index in [1.165, 1.54) is 0 Å². The maximum absolute atomic E-state index is 12.1.